The Morgan fingerprint density at radius 1 is 1.04 bits per heavy atom. The fraction of sp³-hybridized carbons (Fsp3) is 0.579. The summed E-state index contributed by atoms with van der Waals surface area (Å²) in [7, 11) is 0. The normalized spacial score (nSPS) is 24.0. The van der Waals surface area contributed by atoms with Gasteiger partial charge in [-0.2, -0.15) is 0 Å². The molecule has 1 saturated carbocycles. The maximum Gasteiger partial charge on any atom is 0.225 e. The van der Waals surface area contributed by atoms with Gasteiger partial charge in [0, 0.05) is 36.5 Å². The highest BCUT2D eigenvalue weighted by Crippen LogP contribution is 2.31. The molecule has 0 radical (unpaired) electrons. The van der Waals surface area contributed by atoms with Crippen LogP contribution in [0.5, 0.6) is 0 Å². The number of carbonyl (C=O) groups excluding carboxylic acids is 2. The molecule has 2 aliphatic rings. The minimum Gasteiger partial charge on any atom is -0.352 e. The number of hydrogen-bond donors (Lipinski definition) is 1. The maximum atomic E-state index is 12.4. The number of likely N-dealkylation sites (tertiary alicyclic amines) is 1. The van der Waals surface area contributed by atoms with E-state index in [1.54, 1.807) is 0 Å². The van der Waals surface area contributed by atoms with Crippen LogP contribution < -0.4 is 5.32 Å². The number of nitrogens with zero attached hydrogens (tertiary/aromatic N) is 1. The third-order valence-electron chi connectivity index (χ3n) is 5.28. The van der Waals surface area contributed by atoms with E-state index >= 15 is 0 Å². The molecule has 130 valence electrons. The van der Waals surface area contributed by atoms with Gasteiger partial charge < -0.3 is 10.2 Å². The second kappa shape index (κ2) is 8.02. The molecule has 3 rings (SSSR count). The molecule has 2 amide bonds. The third kappa shape index (κ3) is 4.10. The van der Waals surface area contributed by atoms with E-state index in [0.717, 1.165) is 57.2 Å². The SMILES string of the molecule is O=C(NCc1ccccc1Cl)C1CCC(C(=O)N2CCCC2)CC1. The van der Waals surface area contributed by atoms with E-state index in [2.05, 4.69) is 5.32 Å². The van der Waals surface area contributed by atoms with Crippen molar-refractivity contribution >= 4 is 23.4 Å². The largest absolute Gasteiger partial charge is 0.352 e. The monoisotopic (exact) mass is 348 g/mol. The molecule has 0 atom stereocenters. The lowest BCUT2D eigenvalue weighted by molar-refractivity contribution is -0.137. The Kier molecular flexibility index (Phi) is 5.77. The molecule has 0 unspecified atom stereocenters. The highest BCUT2D eigenvalue weighted by molar-refractivity contribution is 6.31. The van der Waals surface area contributed by atoms with Crippen molar-refractivity contribution in [2.24, 2.45) is 11.8 Å². The van der Waals surface area contributed by atoms with Crippen LogP contribution in [0.25, 0.3) is 0 Å². The van der Waals surface area contributed by atoms with Gasteiger partial charge in [-0.15, -0.1) is 0 Å². The molecule has 1 saturated heterocycles. The number of nitrogens with one attached hydrogen (secondary N) is 1. The minimum atomic E-state index is 0.0233. The van der Waals surface area contributed by atoms with Crippen LogP contribution in [0.15, 0.2) is 24.3 Å². The van der Waals surface area contributed by atoms with Crippen molar-refractivity contribution < 1.29 is 9.59 Å². The molecule has 0 aromatic heterocycles. The molecule has 1 N–H and O–H groups in total. The van der Waals surface area contributed by atoms with E-state index < -0.39 is 0 Å². The van der Waals surface area contributed by atoms with Crippen LogP contribution >= 0.6 is 11.6 Å². The Bertz CT molecular complexity index is 591. The van der Waals surface area contributed by atoms with Crippen molar-refractivity contribution in [3.8, 4) is 0 Å². The molecule has 1 heterocycles. The molecule has 1 aromatic carbocycles. The van der Waals surface area contributed by atoms with Crippen molar-refractivity contribution in [1.82, 2.24) is 10.2 Å². The van der Waals surface area contributed by atoms with Crippen LogP contribution in [0.3, 0.4) is 0 Å². The summed E-state index contributed by atoms with van der Waals surface area (Å²) in [6.07, 6.45) is 5.54. The summed E-state index contributed by atoms with van der Waals surface area (Å²) in [5.41, 5.74) is 0.936. The summed E-state index contributed by atoms with van der Waals surface area (Å²) >= 11 is 6.12. The fourth-order valence-corrected chi connectivity index (χ4v) is 3.97. The molecule has 1 aliphatic heterocycles. The van der Waals surface area contributed by atoms with Crippen molar-refractivity contribution in [1.29, 1.82) is 0 Å². The van der Waals surface area contributed by atoms with Crippen molar-refractivity contribution in [2.45, 2.75) is 45.1 Å². The molecule has 1 aromatic rings. The number of halogens is 1. The minimum absolute atomic E-state index is 0.0233. The number of amides is 2. The van der Waals surface area contributed by atoms with Gasteiger partial charge in [-0.05, 0) is 50.2 Å². The van der Waals surface area contributed by atoms with Crippen LogP contribution in [0, 0.1) is 11.8 Å². The first-order valence-electron chi connectivity index (χ1n) is 8.95. The smallest absolute Gasteiger partial charge is 0.225 e. The fourth-order valence-electron chi connectivity index (χ4n) is 3.77. The summed E-state index contributed by atoms with van der Waals surface area (Å²) in [5.74, 6) is 0.537. The average Bonchev–Trinajstić information content (AvgIpc) is 3.15. The number of benzene rings is 1. The van der Waals surface area contributed by atoms with Gasteiger partial charge in [0.25, 0.3) is 0 Å². The first-order chi connectivity index (χ1) is 11.6. The van der Waals surface area contributed by atoms with E-state index in [9.17, 15) is 9.59 Å². The van der Waals surface area contributed by atoms with Crippen molar-refractivity contribution in [3.63, 3.8) is 0 Å². The van der Waals surface area contributed by atoms with Gasteiger partial charge in [-0.1, -0.05) is 29.8 Å². The molecule has 5 heteroatoms. The quantitative estimate of drug-likeness (QED) is 0.906. The molecule has 0 spiro atoms. The lowest BCUT2D eigenvalue weighted by Gasteiger charge is -2.29. The van der Waals surface area contributed by atoms with E-state index in [0.29, 0.717) is 17.5 Å². The van der Waals surface area contributed by atoms with Gasteiger partial charge in [-0.25, -0.2) is 0 Å². The Morgan fingerprint density at radius 2 is 1.67 bits per heavy atom. The Balaban J connectivity index is 1.45. The van der Waals surface area contributed by atoms with Crippen molar-refractivity contribution in [2.75, 3.05) is 13.1 Å². The highest BCUT2D eigenvalue weighted by atomic mass is 35.5. The summed E-state index contributed by atoms with van der Waals surface area (Å²) < 4.78 is 0. The van der Waals surface area contributed by atoms with Gasteiger partial charge in [0.1, 0.15) is 0 Å². The lowest BCUT2D eigenvalue weighted by Crippen LogP contribution is -2.38. The van der Waals surface area contributed by atoms with Crippen LogP contribution in [-0.4, -0.2) is 29.8 Å². The zero-order valence-corrected chi connectivity index (χ0v) is 14.7. The first-order valence-corrected chi connectivity index (χ1v) is 9.33. The van der Waals surface area contributed by atoms with Gasteiger partial charge in [0.2, 0.25) is 11.8 Å². The van der Waals surface area contributed by atoms with Crippen LogP contribution in [0.1, 0.15) is 44.1 Å². The predicted octanol–water partition coefficient (Wildman–Crippen LogP) is 3.39. The second-order valence-electron chi connectivity index (χ2n) is 6.89. The van der Waals surface area contributed by atoms with E-state index in [1.807, 2.05) is 29.2 Å². The van der Waals surface area contributed by atoms with Gasteiger partial charge >= 0.3 is 0 Å². The predicted molar refractivity (Wildman–Crippen MR) is 94.6 cm³/mol. The molecule has 4 nitrogen and oxygen atoms in total. The van der Waals surface area contributed by atoms with E-state index in [-0.39, 0.29) is 17.7 Å². The molecule has 0 bridgehead atoms. The number of rotatable bonds is 4. The second-order valence-corrected chi connectivity index (χ2v) is 7.30. The number of carbonyl (C=O) groups is 2. The average molecular weight is 349 g/mol. The van der Waals surface area contributed by atoms with E-state index in [4.69, 9.17) is 11.6 Å². The van der Waals surface area contributed by atoms with Gasteiger partial charge in [0.05, 0.1) is 0 Å². The molecular weight excluding hydrogens is 324 g/mol. The zero-order valence-electron chi connectivity index (χ0n) is 14.0. The summed E-state index contributed by atoms with van der Waals surface area (Å²) in [6, 6.07) is 7.56. The molecule has 24 heavy (non-hydrogen) atoms. The zero-order chi connectivity index (χ0) is 16.9. The van der Waals surface area contributed by atoms with Crippen LogP contribution in [-0.2, 0) is 16.1 Å². The maximum absolute atomic E-state index is 12.4. The Labute approximate surface area is 148 Å². The van der Waals surface area contributed by atoms with Crippen LogP contribution in [0.4, 0.5) is 0 Å². The van der Waals surface area contributed by atoms with Crippen molar-refractivity contribution in [3.05, 3.63) is 34.9 Å². The molecule has 2 fully saturated rings. The first kappa shape index (κ1) is 17.3. The Hall–Kier alpha value is -1.55. The van der Waals surface area contributed by atoms with Crippen LogP contribution in [0.2, 0.25) is 5.02 Å². The molecule has 1 aliphatic carbocycles. The van der Waals surface area contributed by atoms with Gasteiger partial charge in [0.15, 0.2) is 0 Å². The van der Waals surface area contributed by atoms with Gasteiger partial charge in [-0.3, -0.25) is 9.59 Å². The summed E-state index contributed by atoms with van der Waals surface area (Å²) in [5, 5.41) is 3.67. The summed E-state index contributed by atoms with van der Waals surface area (Å²) in [6.45, 7) is 2.29. The third-order valence-corrected chi connectivity index (χ3v) is 5.64. The highest BCUT2D eigenvalue weighted by Gasteiger charge is 2.32. The lowest BCUT2D eigenvalue weighted by atomic mass is 9.81. The topological polar surface area (TPSA) is 49.4 Å². The Morgan fingerprint density at radius 3 is 2.33 bits per heavy atom. The standard InChI is InChI=1S/C19H25ClN2O2/c20-17-6-2-1-5-16(17)13-21-18(23)14-7-9-15(10-8-14)19(24)22-11-3-4-12-22/h1-2,5-6,14-15H,3-4,7-13H2,(H,21,23). The summed E-state index contributed by atoms with van der Waals surface area (Å²) in [4.78, 5) is 26.8. The number of hydrogen-bond acceptors (Lipinski definition) is 2. The molecular formula is C19H25ClN2O2. The van der Waals surface area contributed by atoms with E-state index in [1.165, 1.54) is 0 Å².